The molecule has 0 spiro atoms. The number of carbonyl (C=O) groups excluding carboxylic acids is 1. The normalized spacial score (nSPS) is 15.1. The number of fused-ring (bicyclic) bond motifs is 1. The van der Waals surface area contributed by atoms with Gasteiger partial charge in [0.2, 0.25) is 5.95 Å². The minimum absolute atomic E-state index is 0.317. The number of carbonyl (C=O) groups is 1. The Labute approximate surface area is 194 Å². The lowest BCUT2D eigenvalue weighted by Gasteiger charge is -2.28. The van der Waals surface area contributed by atoms with Crippen LogP contribution in [0.15, 0.2) is 84.2 Å². The summed E-state index contributed by atoms with van der Waals surface area (Å²) in [7, 11) is 0. The molecule has 0 aliphatic carbocycles. The first-order chi connectivity index (χ1) is 16.0. The van der Waals surface area contributed by atoms with Crippen molar-refractivity contribution in [2.24, 2.45) is 0 Å². The molecule has 3 heterocycles. The number of pyridine rings is 1. The van der Waals surface area contributed by atoms with Gasteiger partial charge in [-0.25, -0.2) is 14.1 Å². The molecule has 0 fully saturated rings. The van der Waals surface area contributed by atoms with E-state index in [1.807, 2.05) is 19.1 Å². The van der Waals surface area contributed by atoms with E-state index in [2.05, 4.69) is 25.7 Å². The van der Waals surface area contributed by atoms with Gasteiger partial charge in [0.15, 0.2) is 5.82 Å². The summed E-state index contributed by atoms with van der Waals surface area (Å²) in [5.74, 6) is 0.667. The quantitative estimate of drug-likeness (QED) is 0.444. The van der Waals surface area contributed by atoms with Crippen molar-refractivity contribution >= 4 is 29.3 Å². The summed E-state index contributed by atoms with van der Waals surface area (Å²) in [6.07, 6.45) is 1.61. The molecule has 0 radical (unpaired) electrons. The number of nitrogens with one attached hydrogen (secondary N) is 2. The van der Waals surface area contributed by atoms with Gasteiger partial charge in [0.05, 0.1) is 5.57 Å². The van der Waals surface area contributed by atoms with E-state index in [1.54, 1.807) is 53.3 Å². The molecule has 7 nitrogen and oxygen atoms in total. The fourth-order valence-electron chi connectivity index (χ4n) is 3.74. The van der Waals surface area contributed by atoms with Crippen LogP contribution in [0.3, 0.4) is 0 Å². The largest absolute Gasteiger partial charge is 0.328 e. The average Bonchev–Trinajstić information content (AvgIpc) is 3.23. The second kappa shape index (κ2) is 8.48. The summed E-state index contributed by atoms with van der Waals surface area (Å²) >= 11 is 6.11. The second-order valence-electron chi connectivity index (χ2n) is 7.50. The Kier molecular flexibility index (Phi) is 5.35. The number of amides is 1. The van der Waals surface area contributed by atoms with Crippen LogP contribution in [0.5, 0.6) is 0 Å². The summed E-state index contributed by atoms with van der Waals surface area (Å²) in [6.45, 7) is 1.81. The zero-order chi connectivity index (χ0) is 22.9. The number of rotatable bonds is 4. The van der Waals surface area contributed by atoms with Crippen molar-refractivity contribution in [3.05, 3.63) is 101 Å². The van der Waals surface area contributed by atoms with Crippen molar-refractivity contribution in [2.45, 2.75) is 13.0 Å². The molecule has 9 heteroatoms. The van der Waals surface area contributed by atoms with Crippen molar-refractivity contribution in [3.63, 3.8) is 0 Å². The van der Waals surface area contributed by atoms with Gasteiger partial charge in [-0.1, -0.05) is 29.8 Å². The molecule has 1 unspecified atom stereocenters. The molecule has 1 aliphatic rings. The first-order valence-electron chi connectivity index (χ1n) is 10.2. The van der Waals surface area contributed by atoms with Crippen LogP contribution >= 0.6 is 11.6 Å². The van der Waals surface area contributed by atoms with Gasteiger partial charge in [0.1, 0.15) is 17.7 Å². The highest BCUT2D eigenvalue weighted by molar-refractivity contribution is 6.30. The maximum absolute atomic E-state index is 13.4. The first kappa shape index (κ1) is 20.8. The Bertz CT molecular complexity index is 1350. The van der Waals surface area contributed by atoms with E-state index in [4.69, 9.17) is 11.6 Å². The molecule has 1 amide bonds. The molecule has 0 saturated heterocycles. The van der Waals surface area contributed by atoms with Crippen LogP contribution in [0.4, 0.5) is 16.2 Å². The molecule has 4 aromatic rings. The lowest BCUT2D eigenvalue weighted by atomic mass is 9.95. The van der Waals surface area contributed by atoms with Crippen molar-refractivity contribution in [1.82, 2.24) is 19.7 Å². The van der Waals surface area contributed by atoms with Crippen molar-refractivity contribution in [3.8, 4) is 11.4 Å². The minimum Gasteiger partial charge on any atom is -0.328 e. The van der Waals surface area contributed by atoms with Crippen LogP contribution in [0.2, 0.25) is 5.02 Å². The highest BCUT2D eigenvalue weighted by atomic mass is 35.5. The number of halogens is 2. The minimum atomic E-state index is -0.566. The van der Waals surface area contributed by atoms with Crippen LogP contribution in [0.25, 0.3) is 11.4 Å². The summed E-state index contributed by atoms with van der Waals surface area (Å²) in [5.41, 5.74) is 2.57. The van der Waals surface area contributed by atoms with E-state index in [-0.39, 0.29) is 11.7 Å². The number of aromatic nitrogens is 4. The van der Waals surface area contributed by atoms with Gasteiger partial charge in [-0.05, 0) is 61.0 Å². The van der Waals surface area contributed by atoms with Gasteiger partial charge in [-0.3, -0.25) is 4.79 Å². The van der Waals surface area contributed by atoms with Gasteiger partial charge in [-0.15, -0.1) is 5.10 Å². The monoisotopic (exact) mass is 460 g/mol. The second-order valence-corrected chi connectivity index (χ2v) is 7.93. The lowest BCUT2D eigenvalue weighted by Crippen LogP contribution is -2.31. The van der Waals surface area contributed by atoms with Crippen molar-refractivity contribution < 1.29 is 9.18 Å². The molecule has 2 aromatic carbocycles. The van der Waals surface area contributed by atoms with E-state index in [0.29, 0.717) is 39.4 Å². The Morgan fingerprint density at radius 1 is 1.09 bits per heavy atom. The topological polar surface area (TPSA) is 84.7 Å². The maximum Gasteiger partial charge on any atom is 0.257 e. The number of hydrogen-bond acceptors (Lipinski definition) is 5. The van der Waals surface area contributed by atoms with Crippen LogP contribution in [-0.2, 0) is 4.79 Å². The number of benzene rings is 2. The predicted molar refractivity (Wildman–Crippen MR) is 124 cm³/mol. The Balaban J connectivity index is 1.60. The van der Waals surface area contributed by atoms with E-state index < -0.39 is 6.04 Å². The molecule has 164 valence electrons. The molecule has 0 bridgehead atoms. The molecule has 33 heavy (non-hydrogen) atoms. The molecule has 1 aliphatic heterocycles. The van der Waals surface area contributed by atoms with Crippen LogP contribution in [0.1, 0.15) is 18.5 Å². The van der Waals surface area contributed by atoms with E-state index in [1.165, 1.54) is 12.1 Å². The van der Waals surface area contributed by atoms with Gasteiger partial charge in [0.25, 0.3) is 5.91 Å². The third-order valence-corrected chi connectivity index (χ3v) is 5.54. The van der Waals surface area contributed by atoms with E-state index in [0.717, 1.165) is 5.56 Å². The molecule has 2 aromatic heterocycles. The smallest absolute Gasteiger partial charge is 0.257 e. The highest BCUT2D eigenvalue weighted by Crippen LogP contribution is 2.37. The zero-order valence-electron chi connectivity index (χ0n) is 17.5. The molecule has 2 N–H and O–H groups in total. The Morgan fingerprint density at radius 3 is 2.55 bits per heavy atom. The van der Waals surface area contributed by atoms with Crippen molar-refractivity contribution in [2.75, 3.05) is 10.6 Å². The molecular weight excluding hydrogens is 443 g/mol. The van der Waals surface area contributed by atoms with Crippen LogP contribution < -0.4 is 10.6 Å². The number of allylic oxidation sites excluding steroid dienone is 1. The third kappa shape index (κ3) is 4.08. The Hall–Kier alpha value is -4.04. The number of nitrogens with zero attached hydrogens (tertiary/aromatic N) is 4. The molecule has 1 atom stereocenters. The maximum atomic E-state index is 13.4. The van der Waals surface area contributed by atoms with E-state index >= 15 is 0 Å². The molecule has 0 saturated carbocycles. The van der Waals surface area contributed by atoms with Crippen molar-refractivity contribution in [1.29, 1.82) is 0 Å². The lowest BCUT2D eigenvalue weighted by molar-refractivity contribution is -0.113. The predicted octanol–water partition coefficient (Wildman–Crippen LogP) is 5.06. The summed E-state index contributed by atoms with van der Waals surface area (Å²) in [5, 5.41) is 11.3. The number of hydrogen-bond donors (Lipinski definition) is 2. The first-order valence-corrected chi connectivity index (χ1v) is 10.6. The summed E-state index contributed by atoms with van der Waals surface area (Å²) in [6, 6.07) is 17.9. The average molecular weight is 461 g/mol. The van der Waals surface area contributed by atoms with Gasteiger partial charge in [-0.2, -0.15) is 4.98 Å². The Morgan fingerprint density at radius 2 is 1.85 bits per heavy atom. The molecule has 5 rings (SSSR count). The summed E-state index contributed by atoms with van der Waals surface area (Å²) in [4.78, 5) is 22.1. The van der Waals surface area contributed by atoms with Gasteiger partial charge in [0, 0.05) is 22.5 Å². The van der Waals surface area contributed by atoms with Gasteiger partial charge < -0.3 is 10.6 Å². The van der Waals surface area contributed by atoms with Gasteiger partial charge >= 0.3 is 0 Å². The SMILES string of the molecule is CC1=C(C(=O)Nc2ccccn2)C(c2ccc(Cl)cc2)n2nc(-c3ccc(F)cc3)nc2N1. The fourth-order valence-corrected chi connectivity index (χ4v) is 3.87. The highest BCUT2D eigenvalue weighted by Gasteiger charge is 2.34. The third-order valence-electron chi connectivity index (χ3n) is 5.29. The standard InChI is InChI=1S/C24H18ClFN6O/c1-14-20(23(33)29-19-4-2-3-13-27-19)21(15-5-9-17(25)10-6-15)32-24(28-14)30-22(31-32)16-7-11-18(26)12-8-16/h2-13,21H,1H3,(H,27,29,33)(H,28,30,31). The molecular formula is C24H18ClFN6O. The number of anilines is 2. The van der Waals surface area contributed by atoms with Crippen LogP contribution in [0, 0.1) is 5.82 Å². The summed E-state index contributed by atoms with van der Waals surface area (Å²) < 4.78 is 15.0. The fraction of sp³-hybridized carbons (Fsp3) is 0.0833. The van der Waals surface area contributed by atoms with E-state index in [9.17, 15) is 9.18 Å². The van der Waals surface area contributed by atoms with Crippen LogP contribution in [-0.4, -0.2) is 25.7 Å². The zero-order valence-corrected chi connectivity index (χ0v) is 18.2.